The molecule has 0 saturated heterocycles. The molecule has 4 heteroatoms. The maximum absolute atomic E-state index is 11.4. The Labute approximate surface area is 77.1 Å². The number of aliphatic hydroxyl groups is 1. The van der Waals surface area contributed by atoms with Gasteiger partial charge in [0.05, 0.1) is 12.4 Å². The first-order chi connectivity index (χ1) is 5.79. The Morgan fingerprint density at radius 1 is 1.67 bits per heavy atom. The van der Waals surface area contributed by atoms with Gasteiger partial charge in [-0.25, -0.2) is 0 Å². The molecule has 12 heavy (non-hydrogen) atoms. The van der Waals surface area contributed by atoms with Crippen LogP contribution in [0.5, 0.6) is 0 Å². The third kappa shape index (κ3) is 2.68. The van der Waals surface area contributed by atoms with E-state index in [1.165, 1.54) is 11.8 Å². The van der Waals surface area contributed by atoms with Gasteiger partial charge in [-0.3, -0.25) is 4.79 Å². The number of rotatable bonds is 5. The van der Waals surface area contributed by atoms with Crippen LogP contribution in [0.3, 0.4) is 0 Å². The molecule has 70 valence electrons. The monoisotopic (exact) mass is 189 g/mol. The molecule has 0 aliphatic heterocycles. The largest absolute Gasteiger partial charge is 0.395 e. The maximum Gasteiger partial charge on any atom is 0.232 e. The van der Waals surface area contributed by atoms with E-state index in [-0.39, 0.29) is 12.5 Å². The Balaban J connectivity index is 2.34. The van der Waals surface area contributed by atoms with Gasteiger partial charge in [-0.05, 0) is 19.1 Å². The topological polar surface area (TPSA) is 40.5 Å². The van der Waals surface area contributed by atoms with Gasteiger partial charge in [0.1, 0.15) is 0 Å². The van der Waals surface area contributed by atoms with Crippen molar-refractivity contribution in [2.75, 3.05) is 25.2 Å². The van der Waals surface area contributed by atoms with Crippen molar-refractivity contribution < 1.29 is 9.90 Å². The van der Waals surface area contributed by atoms with E-state index in [0.717, 1.165) is 12.8 Å². The molecule has 1 rings (SSSR count). The molecule has 0 heterocycles. The minimum absolute atomic E-state index is 0.0800. The lowest BCUT2D eigenvalue weighted by Crippen LogP contribution is -2.36. The molecule has 1 saturated carbocycles. The third-order valence-corrected chi connectivity index (χ3v) is 2.45. The van der Waals surface area contributed by atoms with Gasteiger partial charge in [-0.1, -0.05) is 0 Å². The summed E-state index contributed by atoms with van der Waals surface area (Å²) >= 11 is 1.54. The van der Waals surface area contributed by atoms with E-state index in [4.69, 9.17) is 5.11 Å². The van der Waals surface area contributed by atoms with Crippen LogP contribution in [0.2, 0.25) is 0 Å². The third-order valence-electron chi connectivity index (χ3n) is 1.92. The lowest BCUT2D eigenvalue weighted by Gasteiger charge is -2.20. The fourth-order valence-electron chi connectivity index (χ4n) is 1.21. The minimum atomic E-state index is 0.0800. The lowest BCUT2D eigenvalue weighted by atomic mass is 10.4. The first kappa shape index (κ1) is 9.86. The molecule has 0 aromatic heterocycles. The average molecular weight is 189 g/mol. The predicted octanol–water partition coefficient (Wildman–Crippen LogP) is 0.333. The second kappa shape index (κ2) is 4.72. The van der Waals surface area contributed by atoms with E-state index >= 15 is 0 Å². The smallest absolute Gasteiger partial charge is 0.232 e. The van der Waals surface area contributed by atoms with E-state index in [2.05, 4.69) is 0 Å². The van der Waals surface area contributed by atoms with Gasteiger partial charge in [0, 0.05) is 12.6 Å². The van der Waals surface area contributed by atoms with Gasteiger partial charge in [-0.15, -0.1) is 0 Å². The molecule has 1 aliphatic rings. The van der Waals surface area contributed by atoms with Crippen molar-refractivity contribution in [2.24, 2.45) is 0 Å². The summed E-state index contributed by atoms with van der Waals surface area (Å²) in [7, 11) is 0. The van der Waals surface area contributed by atoms with Gasteiger partial charge >= 0.3 is 0 Å². The van der Waals surface area contributed by atoms with E-state index in [1.807, 2.05) is 6.26 Å². The zero-order valence-corrected chi connectivity index (χ0v) is 8.14. The Bertz CT molecular complexity index is 159. The summed E-state index contributed by atoms with van der Waals surface area (Å²) in [6, 6.07) is 0.428. The Morgan fingerprint density at radius 2 is 2.33 bits per heavy atom. The number of nitrogens with zero attached hydrogens (tertiary/aromatic N) is 1. The van der Waals surface area contributed by atoms with Crippen molar-refractivity contribution in [1.29, 1.82) is 0 Å². The summed E-state index contributed by atoms with van der Waals surface area (Å²) < 4.78 is 0. The zero-order chi connectivity index (χ0) is 8.97. The summed E-state index contributed by atoms with van der Waals surface area (Å²) in [4.78, 5) is 13.2. The van der Waals surface area contributed by atoms with Crippen LogP contribution in [0.1, 0.15) is 12.8 Å². The fourth-order valence-corrected chi connectivity index (χ4v) is 1.62. The molecule has 0 bridgehead atoms. The quantitative estimate of drug-likeness (QED) is 0.677. The SMILES string of the molecule is CSCC(=O)N(CCO)C1CC1. The molecule has 1 amide bonds. The number of hydrogen-bond acceptors (Lipinski definition) is 3. The number of carbonyl (C=O) groups excluding carboxylic acids is 1. The second-order valence-electron chi connectivity index (χ2n) is 2.97. The zero-order valence-electron chi connectivity index (χ0n) is 7.32. The van der Waals surface area contributed by atoms with Crippen LogP contribution >= 0.6 is 11.8 Å². The van der Waals surface area contributed by atoms with Crippen LogP contribution in [0, 0.1) is 0 Å². The molecule has 0 atom stereocenters. The second-order valence-corrected chi connectivity index (χ2v) is 3.84. The summed E-state index contributed by atoms with van der Waals surface area (Å²) in [6.07, 6.45) is 4.14. The van der Waals surface area contributed by atoms with Crippen LogP contribution in [0.4, 0.5) is 0 Å². The van der Waals surface area contributed by atoms with Crippen molar-refractivity contribution in [2.45, 2.75) is 18.9 Å². The van der Waals surface area contributed by atoms with Crippen molar-refractivity contribution in [3.63, 3.8) is 0 Å². The van der Waals surface area contributed by atoms with Gasteiger partial charge in [-0.2, -0.15) is 11.8 Å². The van der Waals surface area contributed by atoms with Crippen LogP contribution < -0.4 is 0 Å². The van der Waals surface area contributed by atoms with Gasteiger partial charge in [0.2, 0.25) is 5.91 Å². The normalized spacial score (nSPS) is 16.2. The fraction of sp³-hybridized carbons (Fsp3) is 0.875. The molecular formula is C8H15NO2S. The average Bonchev–Trinajstić information content (AvgIpc) is 2.83. The number of aliphatic hydroxyl groups excluding tert-OH is 1. The van der Waals surface area contributed by atoms with E-state index in [1.54, 1.807) is 4.90 Å². The van der Waals surface area contributed by atoms with Crippen LogP contribution in [0.25, 0.3) is 0 Å². The molecular weight excluding hydrogens is 174 g/mol. The highest BCUT2D eigenvalue weighted by atomic mass is 32.2. The highest BCUT2D eigenvalue weighted by Gasteiger charge is 2.31. The van der Waals surface area contributed by atoms with Crippen LogP contribution in [0.15, 0.2) is 0 Å². The van der Waals surface area contributed by atoms with Crippen molar-refractivity contribution in [3.05, 3.63) is 0 Å². The summed E-state index contributed by atoms with van der Waals surface area (Å²) in [5.41, 5.74) is 0. The van der Waals surface area contributed by atoms with E-state index < -0.39 is 0 Å². The van der Waals surface area contributed by atoms with Gasteiger partial charge in [0.15, 0.2) is 0 Å². The maximum atomic E-state index is 11.4. The molecule has 1 N–H and O–H groups in total. The highest BCUT2D eigenvalue weighted by molar-refractivity contribution is 7.99. The highest BCUT2D eigenvalue weighted by Crippen LogP contribution is 2.26. The van der Waals surface area contributed by atoms with Crippen molar-refractivity contribution >= 4 is 17.7 Å². The molecule has 0 radical (unpaired) electrons. The van der Waals surface area contributed by atoms with Crippen molar-refractivity contribution in [3.8, 4) is 0 Å². The van der Waals surface area contributed by atoms with E-state index in [0.29, 0.717) is 18.3 Å². The predicted molar refractivity (Wildman–Crippen MR) is 50.2 cm³/mol. The van der Waals surface area contributed by atoms with Crippen molar-refractivity contribution in [1.82, 2.24) is 4.90 Å². The lowest BCUT2D eigenvalue weighted by molar-refractivity contribution is -0.129. The summed E-state index contributed by atoms with van der Waals surface area (Å²) in [5, 5.41) is 8.73. The Morgan fingerprint density at radius 3 is 2.75 bits per heavy atom. The van der Waals surface area contributed by atoms with Gasteiger partial charge < -0.3 is 10.0 Å². The molecule has 0 unspecified atom stereocenters. The number of amides is 1. The Kier molecular flexibility index (Phi) is 3.88. The van der Waals surface area contributed by atoms with Crippen LogP contribution in [-0.4, -0.2) is 47.1 Å². The number of thioether (sulfide) groups is 1. The molecule has 1 fully saturated rings. The molecule has 0 aromatic rings. The Hall–Kier alpha value is -0.220. The van der Waals surface area contributed by atoms with Crippen LogP contribution in [-0.2, 0) is 4.79 Å². The number of carbonyl (C=O) groups is 1. The molecule has 1 aliphatic carbocycles. The molecule has 3 nitrogen and oxygen atoms in total. The minimum Gasteiger partial charge on any atom is -0.395 e. The molecule has 0 spiro atoms. The summed E-state index contributed by atoms with van der Waals surface area (Å²) in [6.45, 7) is 0.584. The summed E-state index contributed by atoms with van der Waals surface area (Å²) in [5.74, 6) is 0.704. The first-order valence-corrected chi connectivity index (χ1v) is 5.58. The molecule has 0 aromatic carbocycles. The van der Waals surface area contributed by atoms with E-state index in [9.17, 15) is 4.79 Å². The number of hydrogen-bond donors (Lipinski definition) is 1. The first-order valence-electron chi connectivity index (χ1n) is 4.19. The van der Waals surface area contributed by atoms with Gasteiger partial charge in [0.25, 0.3) is 0 Å². The standard InChI is InChI=1S/C8H15NO2S/c1-12-6-8(11)9(4-5-10)7-2-3-7/h7,10H,2-6H2,1H3.